The standard InChI is InChI=1S/C18H16F3N3O2/c19-18(20,21)17-23-14-8-4-5-9-15(14)24(17)11-10-22-16(25)12-26-13-6-2-1-3-7-13/h1-9H,10-12H2,(H,22,25). The molecule has 0 aliphatic carbocycles. The molecule has 0 unspecified atom stereocenters. The molecule has 1 aromatic heterocycles. The zero-order chi connectivity index (χ0) is 18.6. The number of hydrogen-bond donors (Lipinski definition) is 1. The number of amides is 1. The van der Waals surface area contributed by atoms with Gasteiger partial charge in [0.1, 0.15) is 5.75 Å². The zero-order valence-electron chi connectivity index (χ0n) is 13.7. The highest BCUT2D eigenvalue weighted by molar-refractivity contribution is 5.78. The molecule has 1 N–H and O–H groups in total. The number of fused-ring (bicyclic) bond motifs is 1. The Kier molecular flexibility index (Phi) is 5.11. The van der Waals surface area contributed by atoms with Gasteiger partial charge in [0.15, 0.2) is 6.61 Å². The Labute approximate surface area is 147 Å². The number of rotatable bonds is 6. The van der Waals surface area contributed by atoms with Crippen LogP contribution >= 0.6 is 0 Å². The van der Waals surface area contributed by atoms with Crippen molar-refractivity contribution in [2.24, 2.45) is 0 Å². The van der Waals surface area contributed by atoms with E-state index in [1.165, 1.54) is 6.07 Å². The van der Waals surface area contributed by atoms with E-state index in [1.807, 2.05) is 6.07 Å². The first kappa shape index (κ1) is 17.8. The van der Waals surface area contributed by atoms with Crippen LogP contribution in [0.25, 0.3) is 11.0 Å². The Bertz CT molecular complexity index is 892. The molecule has 0 radical (unpaired) electrons. The molecule has 3 rings (SSSR count). The summed E-state index contributed by atoms with van der Waals surface area (Å²) in [6.07, 6.45) is -4.57. The molecule has 0 saturated heterocycles. The molecule has 0 spiro atoms. The molecule has 0 saturated carbocycles. The minimum Gasteiger partial charge on any atom is -0.484 e. The summed E-state index contributed by atoms with van der Waals surface area (Å²) < 4.78 is 45.9. The van der Waals surface area contributed by atoms with Crippen LogP contribution in [0.3, 0.4) is 0 Å². The van der Waals surface area contributed by atoms with Crippen molar-refractivity contribution in [3.8, 4) is 5.75 Å². The Morgan fingerprint density at radius 2 is 1.77 bits per heavy atom. The van der Waals surface area contributed by atoms with Crippen LogP contribution in [0.5, 0.6) is 5.75 Å². The lowest BCUT2D eigenvalue weighted by Crippen LogP contribution is -2.32. The van der Waals surface area contributed by atoms with Crippen molar-refractivity contribution in [2.45, 2.75) is 12.7 Å². The van der Waals surface area contributed by atoms with Crippen LogP contribution in [0, 0.1) is 0 Å². The van der Waals surface area contributed by atoms with Crippen LogP contribution in [0.1, 0.15) is 5.82 Å². The van der Waals surface area contributed by atoms with Gasteiger partial charge in [-0.2, -0.15) is 13.2 Å². The molecular weight excluding hydrogens is 347 g/mol. The van der Waals surface area contributed by atoms with Gasteiger partial charge in [-0.05, 0) is 24.3 Å². The van der Waals surface area contributed by atoms with Crippen molar-refractivity contribution in [1.29, 1.82) is 0 Å². The average molecular weight is 363 g/mol. The number of halogens is 3. The highest BCUT2D eigenvalue weighted by Gasteiger charge is 2.37. The third kappa shape index (κ3) is 4.14. The smallest absolute Gasteiger partial charge is 0.449 e. The van der Waals surface area contributed by atoms with E-state index in [9.17, 15) is 18.0 Å². The van der Waals surface area contributed by atoms with E-state index in [0.29, 0.717) is 11.3 Å². The summed E-state index contributed by atoms with van der Waals surface area (Å²) in [5, 5.41) is 2.55. The van der Waals surface area contributed by atoms with Gasteiger partial charge in [0.25, 0.3) is 5.91 Å². The molecule has 26 heavy (non-hydrogen) atoms. The number of carbonyl (C=O) groups is 1. The van der Waals surface area contributed by atoms with E-state index in [-0.39, 0.29) is 25.2 Å². The van der Waals surface area contributed by atoms with Gasteiger partial charge in [-0.3, -0.25) is 4.79 Å². The first-order valence-corrected chi connectivity index (χ1v) is 7.92. The van der Waals surface area contributed by atoms with Crippen molar-refractivity contribution in [3.63, 3.8) is 0 Å². The molecule has 0 aliphatic rings. The molecule has 0 bridgehead atoms. The maximum absolute atomic E-state index is 13.2. The molecule has 8 heteroatoms. The molecule has 0 atom stereocenters. The quantitative estimate of drug-likeness (QED) is 0.731. The largest absolute Gasteiger partial charge is 0.484 e. The number of hydrogen-bond acceptors (Lipinski definition) is 3. The van der Waals surface area contributed by atoms with E-state index in [4.69, 9.17) is 4.74 Å². The maximum atomic E-state index is 13.2. The Morgan fingerprint density at radius 3 is 2.50 bits per heavy atom. The first-order valence-electron chi connectivity index (χ1n) is 7.92. The number of para-hydroxylation sites is 3. The zero-order valence-corrected chi connectivity index (χ0v) is 13.7. The summed E-state index contributed by atoms with van der Waals surface area (Å²) >= 11 is 0. The number of aromatic nitrogens is 2. The highest BCUT2D eigenvalue weighted by atomic mass is 19.4. The minimum absolute atomic E-state index is 0.0282. The first-order chi connectivity index (χ1) is 12.4. The van der Waals surface area contributed by atoms with Gasteiger partial charge < -0.3 is 14.6 Å². The van der Waals surface area contributed by atoms with Crippen molar-refractivity contribution in [2.75, 3.05) is 13.2 Å². The molecular formula is C18H16F3N3O2. The van der Waals surface area contributed by atoms with Crippen molar-refractivity contribution >= 4 is 16.9 Å². The molecule has 136 valence electrons. The Morgan fingerprint density at radius 1 is 1.08 bits per heavy atom. The van der Waals surface area contributed by atoms with Crippen molar-refractivity contribution in [3.05, 3.63) is 60.4 Å². The van der Waals surface area contributed by atoms with Gasteiger partial charge in [0, 0.05) is 13.1 Å². The van der Waals surface area contributed by atoms with E-state index >= 15 is 0 Å². The fraction of sp³-hybridized carbons (Fsp3) is 0.222. The van der Waals surface area contributed by atoms with Gasteiger partial charge in [0.2, 0.25) is 5.82 Å². The Balaban J connectivity index is 1.62. The lowest BCUT2D eigenvalue weighted by Gasteiger charge is -2.12. The van der Waals surface area contributed by atoms with Gasteiger partial charge in [0.05, 0.1) is 11.0 Å². The van der Waals surface area contributed by atoms with Gasteiger partial charge in [-0.1, -0.05) is 30.3 Å². The normalized spacial score (nSPS) is 11.5. The van der Waals surface area contributed by atoms with Crippen LogP contribution in [0.15, 0.2) is 54.6 Å². The fourth-order valence-electron chi connectivity index (χ4n) is 2.54. The number of nitrogens with one attached hydrogen (secondary N) is 1. The maximum Gasteiger partial charge on any atom is 0.449 e. The summed E-state index contributed by atoms with van der Waals surface area (Å²) in [6.45, 7) is -0.229. The lowest BCUT2D eigenvalue weighted by molar-refractivity contribution is -0.146. The van der Waals surface area contributed by atoms with E-state index in [1.54, 1.807) is 42.5 Å². The molecule has 3 aromatic rings. The number of imidazole rings is 1. The molecule has 0 fully saturated rings. The topological polar surface area (TPSA) is 56.1 Å². The van der Waals surface area contributed by atoms with Gasteiger partial charge >= 0.3 is 6.18 Å². The minimum atomic E-state index is -4.57. The number of alkyl halides is 3. The van der Waals surface area contributed by atoms with E-state index < -0.39 is 17.9 Å². The third-order valence-electron chi connectivity index (χ3n) is 3.68. The van der Waals surface area contributed by atoms with Crippen molar-refractivity contribution < 1.29 is 22.7 Å². The van der Waals surface area contributed by atoms with E-state index in [0.717, 1.165) is 4.57 Å². The fourth-order valence-corrected chi connectivity index (χ4v) is 2.54. The number of ether oxygens (including phenoxy) is 1. The van der Waals surface area contributed by atoms with Gasteiger partial charge in [-0.15, -0.1) is 0 Å². The summed E-state index contributed by atoms with van der Waals surface area (Å²) in [5.41, 5.74) is 0.633. The van der Waals surface area contributed by atoms with Crippen LogP contribution in [-0.4, -0.2) is 28.6 Å². The third-order valence-corrected chi connectivity index (χ3v) is 3.68. The van der Waals surface area contributed by atoms with Gasteiger partial charge in [-0.25, -0.2) is 4.98 Å². The number of carbonyl (C=O) groups excluding carboxylic acids is 1. The summed E-state index contributed by atoms with van der Waals surface area (Å²) in [6, 6.07) is 15.1. The van der Waals surface area contributed by atoms with E-state index in [2.05, 4.69) is 10.3 Å². The van der Waals surface area contributed by atoms with Crippen LogP contribution in [-0.2, 0) is 17.5 Å². The predicted molar refractivity (Wildman–Crippen MR) is 89.7 cm³/mol. The van der Waals surface area contributed by atoms with Crippen LogP contribution < -0.4 is 10.1 Å². The molecule has 0 aliphatic heterocycles. The summed E-state index contributed by atoms with van der Waals surface area (Å²) in [7, 11) is 0. The molecule has 1 amide bonds. The highest BCUT2D eigenvalue weighted by Crippen LogP contribution is 2.31. The second-order valence-corrected chi connectivity index (χ2v) is 5.53. The number of nitrogens with zero attached hydrogens (tertiary/aromatic N) is 2. The molecule has 2 aromatic carbocycles. The second-order valence-electron chi connectivity index (χ2n) is 5.53. The Hall–Kier alpha value is -3.03. The summed E-state index contributed by atoms with van der Waals surface area (Å²) in [4.78, 5) is 15.5. The SMILES string of the molecule is O=C(COc1ccccc1)NCCn1c(C(F)(F)F)nc2ccccc21. The number of benzene rings is 2. The van der Waals surface area contributed by atoms with Crippen LogP contribution in [0.2, 0.25) is 0 Å². The molecule has 1 heterocycles. The van der Waals surface area contributed by atoms with Crippen molar-refractivity contribution in [1.82, 2.24) is 14.9 Å². The lowest BCUT2D eigenvalue weighted by atomic mass is 10.3. The second kappa shape index (κ2) is 7.47. The van der Waals surface area contributed by atoms with Crippen LogP contribution in [0.4, 0.5) is 13.2 Å². The summed E-state index contributed by atoms with van der Waals surface area (Å²) in [5.74, 6) is -0.845. The predicted octanol–water partition coefficient (Wildman–Crippen LogP) is 3.25. The molecule has 5 nitrogen and oxygen atoms in total. The monoisotopic (exact) mass is 363 g/mol. The average Bonchev–Trinajstić information content (AvgIpc) is 3.00.